The highest BCUT2D eigenvalue weighted by Gasteiger charge is 2.17. The highest BCUT2D eigenvalue weighted by atomic mass is 32.2. The third-order valence-corrected chi connectivity index (χ3v) is 5.00. The minimum atomic E-state index is -3.89. The summed E-state index contributed by atoms with van der Waals surface area (Å²) in [5.41, 5.74) is 4.82. The molecule has 106 valence electrons. The highest BCUT2D eigenvalue weighted by molar-refractivity contribution is 7.90. The van der Waals surface area contributed by atoms with E-state index in [0.717, 1.165) is 24.3 Å². The monoisotopic (exact) mass is 307 g/mol. The molecule has 0 spiro atoms. The van der Waals surface area contributed by atoms with E-state index in [1.54, 1.807) is 0 Å². The van der Waals surface area contributed by atoms with E-state index in [1.165, 1.54) is 7.05 Å². The molecule has 0 saturated carbocycles. The van der Waals surface area contributed by atoms with Gasteiger partial charge in [0.25, 0.3) is 0 Å². The predicted octanol–water partition coefficient (Wildman–Crippen LogP) is -1.64. The molecule has 0 aliphatic rings. The summed E-state index contributed by atoms with van der Waals surface area (Å²) < 4.78 is 50.3. The van der Waals surface area contributed by atoms with Crippen LogP contribution in [-0.4, -0.2) is 36.3 Å². The van der Waals surface area contributed by atoms with Gasteiger partial charge in [-0.2, -0.15) is 0 Å². The van der Waals surface area contributed by atoms with Crippen LogP contribution in [0.4, 0.5) is 0 Å². The topological polar surface area (TPSA) is 135 Å². The lowest BCUT2D eigenvalue weighted by Crippen LogP contribution is -2.33. The van der Waals surface area contributed by atoms with Gasteiger partial charge in [0, 0.05) is 0 Å². The molecule has 0 aliphatic heterocycles. The smallest absolute Gasteiger partial charge is 0.241 e. The summed E-state index contributed by atoms with van der Waals surface area (Å²) in [6, 6.07) is 4.52. The Morgan fingerprint density at radius 3 is 1.84 bits per heavy atom. The van der Waals surface area contributed by atoms with Crippen LogP contribution in [0.5, 0.6) is 0 Å². The van der Waals surface area contributed by atoms with Crippen molar-refractivity contribution in [1.82, 2.24) is 9.44 Å². The summed E-state index contributed by atoms with van der Waals surface area (Å²) in [4.78, 5) is 10.3. The fourth-order valence-corrected chi connectivity index (χ4v) is 2.89. The zero-order valence-electron chi connectivity index (χ0n) is 9.95. The molecule has 0 fully saturated rings. The zero-order valence-corrected chi connectivity index (χ0v) is 11.6. The summed E-state index contributed by atoms with van der Waals surface area (Å²) in [7, 11) is -6.27. The number of amides is 1. The van der Waals surface area contributed by atoms with Crippen molar-refractivity contribution in [2.24, 2.45) is 5.73 Å². The number of nitrogens with two attached hydrogens (primary N) is 1. The summed E-state index contributed by atoms with van der Waals surface area (Å²) in [5, 5.41) is 0. The lowest BCUT2D eigenvalue weighted by atomic mass is 10.4. The van der Waals surface area contributed by atoms with Crippen LogP contribution in [0.1, 0.15) is 0 Å². The first-order valence-corrected chi connectivity index (χ1v) is 7.97. The lowest BCUT2D eigenvalue weighted by Gasteiger charge is -2.06. The largest absolute Gasteiger partial charge is 0.369 e. The highest BCUT2D eigenvalue weighted by Crippen LogP contribution is 2.13. The van der Waals surface area contributed by atoms with E-state index >= 15 is 0 Å². The molecule has 10 heteroatoms. The summed E-state index contributed by atoms with van der Waals surface area (Å²) in [5.74, 6) is -0.821. The van der Waals surface area contributed by atoms with Crippen LogP contribution < -0.4 is 15.2 Å². The van der Waals surface area contributed by atoms with Crippen molar-refractivity contribution >= 4 is 26.0 Å². The van der Waals surface area contributed by atoms with Gasteiger partial charge >= 0.3 is 0 Å². The number of carbonyl (C=O) groups excluding carboxylic acids is 1. The van der Waals surface area contributed by atoms with E-state index in [1.807, 2.05) is 4.72 Å². The number of hydrogen-bond donors (Lipinski definition) is 3. The standard InChI is InChI=1S/C9H13N3O5S2/c1-11-18(14,15)7-2-4-8(5-3-7)19(16,17)12-6-9(10)13/h2-5,11-12H,6H2,1H3,(H2,10,13). The molecular formula is C9H13N3O5S2. The third kappa shape index (κ3) is 3.99. The van der Waals surface area contributed by atoms with E-state index in [0.29, 0.717) is 0 Å². The first-order chi connectivity index (χ1) is 8.69. The molecule has 0 unspecified atom stereocenters. The van der Waals surface area contributed by atoms with Gasteiger partial charge in [-0.15, -0.1) is 0 Å². The van der Waals surface area contributed by atoms with E-state index < -0.39 is 32.5 Å². The van der Waals surface area contributed by atoms with Gasteiger partial charge in [-0.25, -0.2) is 26.3 Å². The van der Waals surface area contributed by atoms with Gasteiger partial charge in [-0.1, -0.05) is 0 Å². The molecule has 1 rings (SSSR count). The van der Waals surface area contributed by atoms with Crippen molar-refractivity contribution in [3.8, 4) is 0 Å². The predicted molar refractivity (Wildman–Crippen MR) is 67.1 cm³/mol. The average molecular weight is 307 g/mol. The van der Waals surface area contributed by atoms with Gasteiger partial charge in [0.15, 0.2) is 0 Å². The van der Waals surface area contributed by atoms with Gasteiger partial charge < -0.3 is 5.73 Å². The van der Waals surface area contributed by atoms with Crippen molar-refractivity contribution in [1.29, 1.82) is 0 Å². The molecule has 1 aromatic carbocycles. The number of sulfonamides is 2. The second-order valence-corrected chi connectivity index (χ2v) is 7.12. The Labute approximate surface area is 111 Å². The molecule has 1 aromatic rings. The van der Waals surface area contributed by atoms with Crippen LogP contribution in [0, 0.1) is 0 Å². The van der Waals surface area contributed by atoms with Crippen LogP contribution in [0.2, 0.25) is 0 Å². The van der Waals surface area contributed by atoms with Gasteiger partial charge in [0.05, 0.1) is 16.3 Å². The first kappa shape index (κ1) is 15.6. The number of benzene rings is 1. The van der Waals surface area contributed by atoms with E-state index in [2.05, 4.69) is 4.72 Å². The zero-order chi connectivity index (χ0) is 14.7. The number of rotatable bonds is 6. The Morgan fingerprint density at radius 1 is 1.05 bits per heavy atom. The molecule has 0 radical (unpaired) electrons. The molecule has 19 heavy (non-hydrogen) atoms. The summed E-state index contributed by atoms with van der Waals surface area (Å²) >= 11 is 0. The maximum atomic E-state index is 11.7. The molecule has 1 amide bonds. The molecule has 8 nitrogen and oxygen atoms in total. The Morgan fingerprint density at radius 2 is 1.47 bits per heavy atom. The van der Waals surface area contributed by atoms with Crippen molar-refractivity contribution in [2.75, 3.05) is 13.6 Å². The van der Waals surface area contributed by atoms with Crippen molar-refractivity contribution < 1.29 is 21.6 Å². The van der Waals surface area contributed by atoms with Gasteiger partial charge in [-0.3, -0.25) is 4.79 Å². The van der Waals surface area contributed by atoms with E-state index in [-0.39, 0.29) is 9.79 Å². The first-order valence-electron chi connectivity index (χ1n) is 5.00. The van der Waals surface area contributed by atoms with Crippen LogP contribution in [-0.2, 0) is 24.8 Å². The minimum absolute atomic E-state index is 0.0659. The minimum Gasteiger partial charge on any atom is -0.369 e. The number of carbonyl (C=O) groups is 1. The Kier molecular flexibility index (Phi) is 4.63. The van der Waals surface area contributed by atoms with E-state index in [9.17, 15) is 21.6 Å². The molecule has 0 atom stereocenters. The van der Waals surface area contributed by atoms with Gasteiger partial charge in [0.2, 0.25) is 26.0 Å². The van der Waals surface area contributed by atoms with Crippen LogP contribution in [0.25, 0.3) is 0 Å². The molecule has 0 bridgehead atoms. The molecule has 0 aromatic heterocycles. The normalized spacial score (nSPS) is 12.3. The van der Waals surface area contributed by atoms with Crippen molar-refractivity contribution in [3.63, 3.8) is 0 Å². The number of nitrogens with one attached hydrogen (secondary N) is 2. The van der Waals surface area contributed by atoms with Gasteiger partial charge in [-0.05, 0) is 31.3 Å². The second kappa shape index (κ2) is 5.65. The van der Waals surface area contributed by atoms with Crippen LogP contribution in [0.3, 0.4) is 0 Å². The maximum Gasteiger partial charge on any atom is 0.241 e. The molecule has 0 heterocycles. The Bertz CT molecular complexity index is 664. The quantitative estimate of drug-likeness (QED) is 0.579. The fourth-order valence-electron chi connectivity index (χ4n) is 1.17. The number of primary amides is 1. The number of hydrogen-bond acceptors (Lipinski definition) is 5. The fraction of sp³-hybridized carbons (Fsp3) is 0.222. The van der Waals surface area contributed by atoms with Crippen molar-refractivity contribution in [2.45, 2.75) is 9.79 Å². The molecular weight excluding hydrogens is 294 g/mol. The Hall–Kier alpha value is -1.49. The maximum absolute atomic E-state index is 11.7. The second-order valence-electron chi connectivity index (χ2n) is 3.47. The summed E-state index contributed by atoms with van der Waals surface area (Å²) in [6.07, 6.45) is 0. The van der Waals surface area contributed by atoms with Crippen LogP contribution >= 0.6 is 0 Å². The summed E-state index contributed by atoms with van der Waals surface area (Å²) in [6.45, 7) is -0.529. The third-order valence-electron chi connectivity index (χ3n) is 2.15. The molecule has 4 N–H and O–H groups in total. The van der Waals surface area contributed by atoms with Crippen molar-refractivity contribution in [3.05, 3.63) is 24.3 Å². The average Bonchev–Trinajstić information content (AvgIpc) is 2.37. The van der Waals surface area contributed by atoms with Gasteiger partial charge in [0.1, 0.15) is 0 Å². The van der Waals surface area contributed by atoms with Crippen LogP contribution in [0.15, 0.2) is 34.1 Å². The molecule has 0 aliphatic carbocycles. The molecule has 0 saturated heterocycles. The lowest BCUT2D eigenvalue weighted by molar-refractivity contribution is -0.116. The Balaban J connectivity index is 3.03. The van der Waals surface area contributed by atoms with E-state index in [4.69, 9.17) is 5.73 Å². The SMILES string of the molecule is CNS(=O)(=O)c1ccc(S(=O)(=O)NCC(N)=O)cc1.